The first-order valence-electron chi connectivity index (χ1n) is 4.48. The second-order valence-corrected chi connectivity index (χ2v) is 3.11. The predicted octanol–water partition coefficient (Wildman–Crippen LogP) is 0.976. The number of hydrogen-bond donors (Lipinski definition) is 1. The van der Waals surface area contributed by atoms with Gasteiger partial charge in [-0.05, 0) is 12.1 Å². The fraction of sp³-hybridized carbons (Fsp3) is 0.300. The summed E-state index contributed by atoms with van der Waals surface area (Å²) in [6.45, 7) is 1.31. The molecule has 2 heterocycles. The predicted molar refractivity (Wildman–Crippen MR) is 54.4 cm³/mol. The van der Waals surface area contributed by atoms with E-state index >= 15 is 0 Å². The van der Waals surface area contributed by atoms with E-state index in [0.717, 1.165) is 5.39 Å². The molecule has 0 unspecified atom stereocenters. The van der Waals surface area contributed by atoms with E-state index in [1.54, 1.807) is 13.3 Å². The molecule has 4 nitrogen and oxygen atoms in total. The largest absolute Gasteiger partial charge is 0.383 e. The second kappa shape index (κ2) is 3.67. The van der Waals surface area contributed by atoms with Gasteiger partial charge in [0.15, 0.2) is 0 Å². The number of nitrogens with one attached hydrogen (secondary N) is 1. The summed E-state index contributed by atoms with van der Waals surface area (Å²) in [5.41, 5.74) is 0.660. The Morgan fingerprint density at radius 1 is 1.50 bits per heavy atom. The third kappa shape index (κ3) is 1.44. The number of aromatic amines is 1. The van der Waals surface area contributed by atoms with Gasteiger partial charge in [-0.3, -0.25) is 4.79 Å². The van der Waals surface area contributed by atoms with E-state index in [0.29, 0.717) is 18.7 Å². The van der Waals surface area contributed by atoms with Crippen LogP contribution in [-0.2, 0) is 11.3 Å². The van der Waals surface area contributed by atoms with E-state index in [4.69, 9.17) is 4.74 Å². The summed E-state index contributed by atoms with van der Waals surface area (Å²) < 4.78 is 6.87. The minimum Gasteiger partial charge on any atom is -0.383 e. The highest BCUT2D eigenvalue weighted by Gasteiger charge is 2.03. The lowest BCUT2D eigenvalue weighted by molar-refractivity contribution is 0.188. The van der Waals surface area contributed by atoms with Gasteiger partial charge < -0.3 is 14.3 Å². The van der Waals surface area contributed by atoms with Crippen LogP contribution in [0.15, 0.2) is 29.3 Å². The molecule has 0 saturated heterocycles. The summed E-state index contributed by atoms with van der Waals surface area (Å²) in [5.74, 6) is 0. The lowest BCUT2D eigenvalue weighted by Gasteiger charge is -2.02. The second-order valence-electron chi connectivity index (χ2n) is 3.11. The van der Waals surface area contributed by atoms with Crippen LogP contribution in [0.25, 0.3) is 10.9 Å². The molecule has 74 valence electrons. The minimum absolute atomic E-state index is 0.0522. The first-order valence-corrected chi connectivity index (χ1v) is 4.48. The Bertz CT molecular complexity index is 484. The van der Waals surface area contributed by atoms with Crippen LogP contribution in [0.1, 0.15) is 0 Å². The zero-order valence-corrected chi connectivity index (χ0v) is 7.99. The Morgan fingerprint density at radius 3 is 3.14 bits per heavy atom. The van der Waals surface area contributed by atoms with Crippen LogP contribution in [0, 0.1) is 0 Å². The maximum Gasteiger partial charge on any atom is 0.272 e. The van der Waals surface area contributed by atoms with Crippen LogP contribution in [-0.4, -0.2) is 23.3 Å². The number of methoxy groups -OCH3 is 1. The minimum atomic E-state index is -0.0522. The fourth-order valence-corrected chi connectivity index (χ4v) is 1.54. The SMILES string of the molecule is COCCn1ccc2cc[nH]c(=O)c21. The summed E-state index contributed by atoms with van der Waals surface area (Å²) >= 11 is 0. The van der Waals surface area contributed by atoms with Crippen molar-refractivity contribution in [3.05, 3.63) is 34.9 Å². The molecule has 14 heavy (non-hydrogen) atoms. The van der Waals surface area contributed by atoms with Crippen LogP contribution >= 0.6 is 0 Å². The third-order valence-corrected chi connectivity index (χ3v) is 2.22. The number of nitrogens with zero attached hydrogens (tertiary/aromatic N) is 1. The van der Waals surface area contributed by atoms with Crippen molar-refractivity contribution in [3.8, 4) is 0 Å². The third-order valence-electron chi connectivity index (χ3n) is 2.22. The van der Waals surface area contributed by atoms with Crippen molar-refractivity contribution in [2.75, 3.05) is 13.7 Å². The summed E-state index contributed by atoms with van der Waals surface area (Å²) in [6.07, 6.45) is 3.56. The highest BCUT2D eigenvalue weighted by molar-refractivity contribution is 5.78. The standard InChI is InChI=1S/C10H12N2O2/c1-14-7-6-12-5-3-8-2-4-11-10(13)9(8)12/h2-5H,6-7H2,1H3,(H,11,13). The lowest BCUT2D eigenvalue weighted by Crippen LogP contribution is -2.11. The molecule has 0 atom stereocenters. The molecule has 0 aliphatic rings. The average Bonchev–Trinajstić information content (AvgIpc) is 2.59. The molecule has 4 heteroatoms. The van der Waals surface area contributed by atoms with Crippen molar-refractivity contribution < 1.29 is 4.74 Å². The first kappa shape index (κ1) is 9.02. The Hall–Kier alpha value is -1.55. The molecule has 0 aliphatic carbocycles. The topological polar surface area (TPSA) is 47.0 Å². The zero-order valence-electron chi connectivity index (χ0n) is 7.99. The van der Waals surface area contributed by atoms with E-state index in [9.17, 15) is 4.79 Å². The van der Waals surface area contributed by atoms with E-state index in [2.05, 4.69) is 4.98 Å². The molecule has 0 aromatic carbocycles. The molecule has 0 fully saturated rings. The van der Waals surface area contributed by atoms with Crippen LogP contribution < -0.4 is 5.56 Å². The number of H-pyrrole nitrogens is 1. The first-order chi connectivity index (χ1) is 6.83. The van der Waals surface area contributed by atoms with Gasteiger partial charge in [-0.2, -0.15) is 0 Å². The van der Waals surface area contributed by atoms with Crippen LogP contribution in [0.2, 0.25) is 0 Å². The van der Waals surface area contributed by atoms with Crippen molar-refractivity contribution in [3.63, 3.8) is 0 Å². The van der Waals surface area contributed by atoms with Gasteiger partial charge in [0, 0.05) is 31.4 Å². The van der Waals surface area contributed by atoms with Gasteiger partial charge in [-0.25, -0.2) is 0 Å². The number of ether oxygens (including phenoxy) is 1. The van der Waals surface area contributed by atoms with E-state index in [-0.39, 0.29) is 5.56 Å². The van der Waals surface area contributed by atoms with Crippen molar-refractivity contribution in [1.82, 2.24) is 9.55 Å². The summed E-state index contributed by atoms with van der Waals surface area (Å²) in [7, 11) is 1.65. The number of fused-ring (bicyclic) bond motifs is 1. The molecular weight excluding hydrogens is 180 g/mol. The number of aromatic nitrogens is 2. The smallest absolute Gasteiger partial charge is 0.272 e. The van der Waals surface area contributed by atoms with E-state index < -0.39 is 0 Å². The molecule has 0 bridgehead atoms. The van der Waals surface area contributed by atoms with Gasteiger partial charge in [0.25, 0.3) is 5.56 Å². The zero-order chi connectivity index (χ0) is 9.97. The fourth-order valence-electron chi connectivity index (χ4n) is 1.54. The molecule has 0 spiro atoms. The van der Waals surface area contributed by atoms with Gasteiger partial charge in [0.05, 0.1) is 6.61 Å². The van der Waals surface area contributed by atoms with Crippen LogP contribution in [0.4, 0.5) is 0 Å². The van der Waals surface area contributed by atoms with Crippen molar-refractivity contribution in [2.45, 2.75) is 6.54 Å². The normalized spacial score (nSPS) is 10.9. The maximum atomic E-state index is 11.5. The molecule has 0 aliphatic heterocycles. The maximum absolute atomic E-state index is 11.5. The highest BCUT2D eigenvalue weighted by Crippen LogP contribution is 2.09. The Balaban J connectivity index is 2.50. The lowest BCUT2D eigenvalue weighted by atomic mass is 10.3. The quantitative estimate of drug-likeness (QED) is 0.787. The Morgan fingerprint density at radius 2 is 2.36 bits per heavy atom. The molecular formula is C10H12N2O2. The summed E-state index contributed by atoms with van der Waals surface area (Å²) in [4.78, 5) is 14.2. The number of pyridine rings is 1. The van der Waals surface area contributed by atoms with Crippen molar-refractivity contribution >= 4 is 10.9 Å². The van der Waals surface area contributed by atoms with Gasteiger partial charge >= 0.3 is 0 Å². The average molecular weight is 192 g/mol. The highest BCUT2D eigenvalue weighted by atomic mass is 16.5. The van der Waals surface area contributed by atoms with Crippen molar-refractivity contribution in [1.29, 1.82) is 0 Å². The number of rotatable bonds is 3. The Labute approximate surface area is 81.1 Å². The van der Waals surface area contributed by atoms with Gasteiger partial charge in [-0.15, -0.1) is 0 Å². The monoisotopic (exact) mass is 192 g/mol. The van der Waals surface area contributed by atoms with Gasteiger partial charge in [-0.1, -0.05) is 0 Å². The van der Waals surface area contributed by atoms with E-state index in [1.165, 1.54) is 0 Å². The summed E-state index contributed by atoms with van der Waals surface area (Å²) in [5, 5.41) is 0.963. The molecule has 0 radical (unpaired) electrons. The van der Waals surface area contributed by atoms with E-state index in [1.807, 2.05) is 22.9 Å². The summed E-state index contributed by atoms with van der Waals surface area (Å²) in [6, 6.07) is 3.82. The van der Waals surface area contributed by atoms with Crippen LogP contribution in [0.5, 0.6) is 0 Å². The number of hydrogen-bond acceptors (Lipinski definition) is 2. The Kier molecular flexibility index (Phi) is 2.37. The van der Waals surface area contributed by atoms with Crippen molar-refractivity contribution in [2.24, 2.45) is 0 Å². The molecule has 0 amide bonds. The molecule has 1 N–H and O–H groups in total. The molecule has 2 aromatic rings. The molecule has 2 aromatic heterocycles. The molecule has 2 rings (SSSR count). The van der Waals surface area contributed by atoms with Gasteiger partial charge in [0.2, 0.25) is 0 Å². The van der Waals surface area contributed by atoms with Crippen LogP contribution in [0.3, 0.4) is 0 Å². The van der Waals surface area contributed by atoms with Gasteiger partial charge in [0.1, 0.15) is 5.52 Å². The molecule has 0 saturated carbocycles.